The molecule has 0 unspecified atom stereocenters. The highest BCUT2D eigenvalue weighted by Crippen LogP contribution is 2.16. The normalized spacial score (nSPS) is 11.3. The van der Waals surface area contributed by atoms with Gasteiger partial charge in [-0.2, -0.15) is 18.4 Å². The van der Waals surface area contributed by atoms with Crippen molar-refractivity contribution in [3.8, 4) is 6.07 Å². The van der Waals surface area contributed by atoms with Gasteiger partial charge in [0.25, 0.3) is 5.56 Å². The summed E-state index contributed by atoms with van der Waals surface area (Å²) in [5.74, 6) is 0.100. The highest BCUT2D eigenvalue weighted by atomic mass is 19.4. The number of aromatic nitrogens is 2. The molecule has 0 aliphatic heterocycles. The summed E-state index contributed by atoms with van der Waals surface area (Å²) in [5.41, 5.74) is -0.135. The highest BCUT2D eigenvalue weighted by molar-refractivity contribution is 5.51. The number of hydrogen-bond acceptors (Lipinski definition) is 5. The molecule has 0 atom stereocenters. The summed E-state index contributed by atoms with van der Waals surface area (Å²) in [5, 5.41) is 12.1. The van der Waals surface area contributed by atoms with Gasteiger partial charge in [-0.1, -0.05) is 24.3 Å². The lowest BCUT2D eigenvalue weighted by Gasteiger charge is -2.14. The van der Waals surface area contributed by atoms with Gasteiger partial charge in [0.15, 0.2) is 5.56 Å². The molecule has 0 aliphatic carbocycles. The van der Waals surface area contributed by atoms with Crippen molar-refractivity contribution in [1.82, 2.24) is 9.13 Å². The predicted octanol–water partition coefficient (Wildman–Crippen LogP) is 1.65. The minimum Gasteiger partial charge on any atom is -0.367 e. The average Bonchev–Trinajstić information content (AvgIpc) is 2.62. The van der Waals surface area contributed by atoms with Crippen molar-refractivity contribution in [3.05, 3.63) is 61.8 Å². The minimum absolute atomic E-state index is 0.100. The number of alkyl halides is 3. The molecule has 0 amide bonds. The molecule has 0 aliphatic rings. The van der Waals surface area contributed by atoms with Crippen LogP contribution in [0.3, 0.4) is 0 Å². The fourth-order valence-corrected chi connectivity index (χ4v) is 2.38. The van der Waals surface area contributed by atoms with E-state index in [1.165, 1.54) is 18.7 Å². The molecule has 0 bridgehead atoms. The fraction of sp³-hybridized carbons (Fsp3) is 0.353. The Balaban J connectivity index is 2.09. The van der Waals surface area contributed by atoms with Crippen LogP contribution in [0.25, 0.3) is 0 Å². The van der Waals surface area contributed by atoms with Crippen molar-refractivity contribution < 1.29 is 17.9 Å². The monoisotopic (exact) mass is 382 g/mol. The molecule has 1 N–H and O–H groups in total. The summed E-state index contributed by atoms with van der Waals surface area (Å²) in [4.78, 5) is 24.0. The molecule has 1 aromatic carbocycles. The quantitative estimate of drug-likeness (QED) is 0.821. The number of benzene rings is 1. The van der Waals surface area contributed by atoms with Crippen molar-refractivity contribution in [2.24, 2.45) is 14.1 Å². The Bertz CT molecular complexity index is 970. The maximum absolute atomic E-state index is 12.1. The smallest absolute Gasteiger partial charge is 0.367 e. The third-order valence-corrected chi connectivity index (χ3v) is 3.79. The molecule has 0 radical (unpaired) electrons. The lowest BCUT2D eigenvalue weighted by Crippen LogP contribution is -2.39. The Kier molecular flexibility index (Phi) is 6.07. The van der Waals surface area contributed by atoms with Crippen molar-refractivity contribution in [2.45, 2.75) is 19.3 Å². The van der Waals surface area contributed by atoms with Gasteiger partial charge in [-0.25, -0.2) is 4.79 Å². The lowest BCUT2D eigenvalue weighted by atomic mass is 10.1. The molecule has 2 aromatic rings. The Morgan fingerprint density at radius 3 is 2.26 bits per heavy atom. The van der Waals surface area contributed by atoms with Crippen LogP contribution in [-0.2, 0) is 32.0 Å². The Labute approximate surface area is 152 Å². The van der Waals surface area contributed by atoms with Crippen LogP contribution < -0.4 is 16.6 Å². The number of nitrogens with one attached hydrogen (secondary N) is 1. The van der Waals surface area contributed by atoms with Crippen molar-refractivity contribution >= 4 is 5.82 Å². The maximum atomic E-state index is 12.1. The Morgan fingerprint density at radius 2 is 1.70 bits per heavy atom. The molecule has 1 heterocycles. The van der Waals surface area contributed by atoms with Crippen LogP contribution in [0.5, 0.6) is 0 Å². The summed E-state index contributed by atoms with van der Waals surface area (Å²) >= 11 is 0. The van der Waals surface area contributed by atoms with Gasteiger partial charge in [0, 0.05) is 20.6 Å². The molecular weight excluding hydrogens is 365 g/mol. The highest BCUT2D eigenvalue weighted by Gasteiger charge is 2.27. The van der Waals surface area contributed by atoms with Crippen molar-refractivity contribution in [1.29, 1.82) is 5.26 Å². The van der Waals surface area contributed by atoms with E-state index >= 15 is 0 Å². The third-order valence-electron chi connectivity index (χ3n) is 3.79. The molecule has 0 spiro atoms. The van der Waals surface area contributed by atoms with E-state index in [2.05, 4.69) is 10.1 Å². The molecule has 2 rings (SSSR count). The van der Waals surface area contributed by atoms with Gasteiger partial charge in [0.05, 0.1) is 6.61 Å². The maximum Gasteiger partial charge on any atom is 0.411 e. The van der Waals surface area contributed by atoms with E-state index < -0.39 is 24.0 Å². The summed E-state index contributed by atoms with van der Waals surface area (Å²) < 4.78 is 42.8. The molecule has 0 saturated carbocycles. The minimum atomic E-state index is -4.37. The first kappa shape index (κ1) is 20.3. The predicted molar refractivity (Wildman–Crippen MR) is 91.1 cm³/mol. The summed E-state index contributed by atoms with van der Waals surface area (Å²) in [7, 11) is 2.72. The number of nitrogens with zero attached hydrogens (tertiary/aromatic N) is 3. The molecule has 10 heteroatoms. The first-order valence-electron chi connectivity index (χ1n) is 7.80. The second kappa shape index (κ2) is 8.09. The van der Waals surface area contributed by atoms with Gasteiger partial charge in [0.2, 0.25) is 0 Å². The van der Waals surface area contributed by atoms with Crippen molar-refractivity contribution in [3.63, 3.8) is 0 Å². The van der Waals surface area contributed by atoms with E-state index in [0.29, 0.717) is 5.56 Å². The average molecular weight is 382 g/mol. The number of halogens is 3. The SMILES string of the molecule is Cn1c(NCc2ccc(COCC(F)(F)F)cc2)c(C#N)c(=O)n(C)c1=O. The molecule has 7 nitrogen and oxygen atoms in total. The number of rotatable bonds is 6. The van der Waals surface area contributed by atoms with Crippen LogP contribution in [-0.4, -0.2) is 21.9 Å². The third kappa shape index (κ3) is 4.98. The molecular formula is C17H17F3N4O3. The van der Waals surface area contributed by atoms with Crippen molar-refractivity contribution in [2.75, 3.05) is 11.9 Å². The topological polar surface area (TPSA) is 89.1 Å². The van der Waals surface area contributed by atoms with Crippen LogP contribution in [0.4, 0.5) is 19.0 Å². The van der Waals surface area contributed by atoms with Gasteiger partial charge in [0.1, 0.15) is 18.5 Å². The number of anilines is 1. The van der Waals surface area contributed by atoms with Crippen LogP contribution in [0.2, 0.25) is 0 Å². The second-order valence-electron chi connectivity index (χ2n) is 5.82. The number of nitriles is 1. The first-order chi connectivity index (χ1) is 12.6. The van der Waals surface area contributed by atoms with Crippen LogP contribution in [0.15, 0.2) is 33.9 Å². The zero-order chi connectivity index (χ0) is 20.2. The number of ether oxygens (including phenoxy) is 1. The van der Waals surface area contributed by atoms with Gasteiger partial charge >= 0.3 is 11.9 Å². The van der Waals surface area contributed by atoms with E-state index in [1.54, 1.807) is 30.3 Å². The summed E-state index contributed by atoms with van der Waals surface area (Å²) in [6.07, 6.45) is -4.37. The zero-order valence-corrected chi connectivity index (χ0v) is 14.6. The van der Waals surface area contributed by atoms with Gasteiger partial charge in [-0.05, 0) is 11.1 Å². The molecule has 0 fully saturated rings. The summed E-state index contributed by atoms with van der Waals surface area (Å²) in [6, 6.07) is 8.36. The van der Waals surface area contributed by atoms with Crippen LogP contribution in [0.1, 0.15) is 16.7 Å². The molecule has 1 aromatic heterocycles. The summed E-state index contributed by atoms with van der Waals surface area (Å²) in [6.45, 7) is -1.28. The Hall–Kier alpha value is -3.06. The largest absolute Gasteiger partial charge is 0.411 e. The van der Waals surface area contributed by atoms with Gasteiger partial charge in [-0.15, -0.1) is 0 Å². The van der Waals surface area contributed by atoms with Crippen LogP contribution in [0, 0.1) is 11.3 Å². The van der Waals surface area contributed by atoms with E-state index in [9.17, 15) is 28.0 Å². The van der Waals surface area contributed by atoms with E-state index in [1.807, 2.05) is 0 Å². The molecule has 27 heavy (non-hydrogen) atoms. The standard InChI is InChI=1S/C17H17F3N4O3/c1-23-14(13(7-21)15(25)24(2)16(23)26)22-8-11-3-5-12(6-4-11)9-27-10-17(18,19)20/h3-6,22H,8-10H2,1-2H3. The molecule has 0 saturated heterocycles. The second-order valence-corrected chi connectivity index (χ2v) is 5.82. The van der Waals surface area contributed by atoms with Gasteiger partial charge < -0.3 is 10.1 Å². The van der Waals surface area contributed by atoms with E-state index in [4.69, 9.17) is 0 Å². The van der Waals surface area contributed by atoms with E-state index in [-0.39, 0.29) is 24.5 Å². The fourth-order valence-electron chi connectivity index (χ4n) is 2.38. The first-order valence-corrected chi connectivity index (χ1v) is 7.80. The number of hydrogen-bond donors (Lipinski definition) is 1. The van der Waals surface area contributed by atoms with Gasteiger partial charge in [-0.3, -0.25) is 13.9 Å². The zero-order valence-electron chi connectivity index (χ0n) is 14.6. The van der Waals surface area contributed by atoms with E-state index in [0.717, 1.165) is 10.1 Å². The molecule has 144 valence electrons. The lowest BCUT2D eigenvalue weighted by molar-refractivity contribution is -0.176. The Morgan fingerprint density at radius 1 is 1.11 bits per heavy atom. The van der Waals surface area contributed by atoms with Crippen LogP contribution >= 0.6 is 0 Å².